The first-order chi connectivity index (χ1) is 19.0. The molecular weight excluding hydrogens is 573 g/mol. The van der Waals surface area contributed by atoms with Crippen LogP contribution in [0, 0.1) is 6.92 Å². The van der Waals surface area contributed by atoms with Gasteiger partial charge in [0.05, 0.1) is 17.7 Å². The number of hydrogen-bond donors (Lipinski definition) is 1. The van der Waals surface area contributed by atoms with E-state index in [1.165, 1.54) is 24.1 Å². The van der Waals surface area contributed by atoms with E-state index in [0.717, 1.165) is 9.87 Å². The smallest absolute Gasteiger partial charge is 0.264 e. The van der Waals surface area contributed by atoms with Gasteiger partial charge in [0.25, 0.3) is 10.0 Å². The summed E-state index contributed by atoms with van der Waals surface area (Å²) in [6, 6.07) is 16.8. The van der Waals surface area contributed by atoms with Gasteiger partial charge in [-0.25, -0.2) is 8.42 Å². The van der Waals surface area contributed by atoms with Gasteiger partial charge < -0.3 is 15.0 Å². The minimum atomic E-state index is -4.18. The molecule has 0 spiro atoms. The zero-order valence-electron chi connectivity index (χ0n) is 22.9. The summed E-state index contributed by atoms with van der Waals surface area (Å²) in [7, 11) is -2.70. The second kappa shape index (κ2) is 13.9. The number of halogens is 2. The Kier molecular flexibility index (Phi) is 10.8. The number of aryl methyl sites for hydroxylation is 1. The first kappa shape index (κ1) is 31.3. The first-order valence-corrected chi connectivity index (χ1v) is 15.0. The van der Waals surface area contributed by atoms with E-state index in [-0.39, 0.29) is 17.3 Å². The van der Waals surface area contributed by atoms with Crippen LogP contribution in [0.3, 0.4) is 0 Å². The molecule has 11 heteroatoms. The number of nitrogens with one attached hydrogen (secondary N) is 1. The predicted molar refractivity (Wildman–Crippen MR) is 158 cm³/mol. The predicted octanol–water partition coefficient (Wildman–Crippen LogP) is 5.45. The average molecular weight is 607 g/mol. The summed E-state index contributed by atoms with van der Waals surface area (Å²) in [6.45, 7) is 5.27. The van der Waals surface area contributed by atoms with E-state index in [1.54, 1.807) is 68.4 Å². The van der Waals surface area contributed by atoms with Gasteiger partial charge in [0.15, 0.2) is 0 Å². The van der Waals surface area contributed by atoms with Crippen molar-refractivity contribution in [2.45, 2.75) is 44.7 Å². The van der Waals surface area contributed by atoms with E-state index in [4.69, 9.17) is 27.9 Å². The van der Waals surface area contributed by atoms with Gasteiger partial charge >= 0.3 is 0 Å². The molecule has 8 nitrogen and oxygen atoms in total. The summed E-state index contributed by atoms with van der Waals surface area (Å²) < 4.78 is 34.0. The molecule has 40 heavy (non-hydrogen) atoms. The van der Waals surface area contributed by atoms with Crippen LogP contribution >= 0.6 is 23.2 Å². The third-order valence-corrected chi connectivity index (χ3v) is 8.72. The van der Waals surface area contributed by atoms with Gasteiger partial charge in [-0.05, 0) is 74.4 Å². The fraction of sp³-hybridized carbons (Fsp3) is 0.310. The highest BCUT2D eigenvalue weighted by atomic mass is 35.5. The number of hydrogen-bond acceptors (Lipinski definition) is 5. The molecular formula is C29H33Cl2N3O5S. The highest BCUT2D eigenvalue weighted by molar-refractivity contribution is 7.92. The van der Waals surface area contributed by atoms with Gasteiger partial charge in [0.2, 0.25) is 11.8 Å². The van der Waals surface area contributed by atoms with Crippen molar-refractivity contribution in [1.29, 1.82) is 0 Å². The van der Waals surface area contributed by atoms with Crippen molar-refractivity contribution in [3.63, 3.8) is 0 Å². The normalized spacial score (nSPS) is 11.9. The number of likely N-dealkylation sites (N-methyl/N-ethyl adjacent to an activating group) is 1. The molecule has 0 fully saturated rings. The standard InChI is InChI=1S/C29H33Cl2N3O5S/c1-5-27(29(36)32-6-2)33(18-21-9-10-22(30)17-26(21)31)28(35)19-34(23-11-7-20(3)8-12-23)40(37,38)25-15-13-24(39-4)14-16-25/h7-17,27H,5-6,18-19H2,1-4H3,(H,32,36)/t27-/m1/s1. The van der Waals surface area contributed by atoms with Crippen LogP contribution in [0.2, 0.25) is 10.0 Å². The van der Waals surface area contributed by atoms with Gasteiger partial charge in [-0.3, -0.25) is 13.9 Å². The van der Waals surface area contributed by atoms with Crippen LogP contribution in [0.1, 0.15) is 31.4 Å². The van der Waals surface area contributed by atoms with Crippen LogP contribution < -0.4 is 14.4 Å². The third-order valence-electron chi connectivity index (χ3n) is 6.34. The monoisotopic (exact) mass is 605 g/mol. The second-order valence-corrected chi connectivity index (χ2v) is 11.8. The molecule has 0 bridgehead atoms. The molecule has 0 heterocycles. The maximum absolute atomic E-state index is 14.0. The summed E-state index contributed by atoms with van der Waals surface area (Å²) in [5, 5.41) is 3.53. The van der Waals surface area contributed by atoms with E-state index in [0.29, 0.717) is 40.0 Å². The minimum absolute atomic E-state index is 0.00950. The number of nitrogens with zero attached hydrogens (tertiary/aromatic N) is 2. The van der Waals surface area contributed by atoms with Gasteiger partial charge in [0.1, 0.15) is 18.3 Å². The van der Waals surface area contributed by atoms with Crippen molar-refractivity contribution in [3.05, 3.63) is 87.9 Å². The molecule has 0 aliphatic carbocycles. The number of ether oxygens (including phenoxy) is 1. The summed E-state index contributed by atoms with van der Waals surface area (Å²) in [5.41, 5.74) is 1.81. The van der Waals surface area contributed by atoms with E-state index >= 15 is 0 Å². The molecule has 214 valence electrons. The molecule has 3 aromatic carbocycles. The maximum Gasteiger partial charge on any atom is 0.264 e. The number of carbonyl (C=O) groups excluding carboxylic acids is 2. The van der Waals surface area contributed by atoms with Crippen LogP contribution in [0.25, 0.3) is 0 Å². The Labute approximate surface area is 245 Å². The minimum Gasteiger partial charge on any atom is -0.497 e. The van der Waals surface area contributed by atoms with Crippen LogP contribution in [0.5, 0.6) is 5.75 Å². The van der Waals surface area contributed by atoms with Crippen molar-refractivity contribution in [1.82, 2.24) is 10.2 Å². The Bertz CT molecular complexity index is 1430. The highest BCUT2D eigenvalue weighted by Crippen LogP contribution is 2.28. The first-order valence-electron chi connectivity index (χ1n) is 12.8. The molecule has 1 atom stereocenters. The molecule has 3 rings (SSSR count). The van der Waals surface area contributed by atoms with E-state index in [2.05, 4.69) is 5.32 Å². The molecule has 0 aliphatic heterocycles. The quantitative estimate of drug-likeness (QED) is 0.296. The Morgan fingerprint density at radius 3 is 2.17 bits per heavy atom. The molecule has 0 radical (unpaired) electrons. The summed E-state index contributed by atoms with van der Waals surface area (Å²) >= 11 is 12.5. The van der Waals surface area contributed by atoms with Gasteiger partial charge in [-0.15, -0.1) is 0 Å². The van der Waals surface area contributed by atoms with Crippen LogP contribution in [-0.2, 0) is 26.2 Å². The van der Waals surface area contributed by atoms with E-state index < -0.39 is 28.5 Å². The van der Waals surface area contributed by atoms with E-state index in [9.17, 15) is 18.0 Å². The molecule has 0 saturated carbocycles. The van der Waals surface area contributed by atoms with Gasteiger partial charge in [-0.1, -0.05) is 53.9 Å². The Morgan fingerprint density at radius 2 is 1.62 bits per heavy atom. The summed E-state index contributed by atoms with van der Waals surface area (Å²) in [6.07, 6.45) is 0.304. The Morgan fingerprint density at radius 1 is 0.975 bits per heavy atom. The van der Waals surface area contributed by atoms with Crippen molar-refractivity contribution < 1.29 is 22.7 Å². The van der Waals surface area contributed by atoms with Gasteiger partial charge in [0, 0.05) is 23.1 Å². The Balaban J connectivity index is 2.07. The molecule has 3 aromatic rings. The average Bonchev–Trinajstić information content (AvgIpc) is 2.93. The number of anilines is 1. The van der Waals surface area contributed by atoms with Gasteiger partial charge in [-0.2, -0.15) is 0 Å². The number of sulfonamides is 1. The lowest BCUT2D eigenvalue weighted by Gasteiger charge is -2.33. The largest absolute Gasteiger partial charge is 0.497 e. The summed E-state index contributed by atoms with van der Waals surface area (Å²) in [4.78, 5) is 28.4. The second-order valence-electron chi connectivity index (χ2n) is 9.10. The number of benzene rings is 3. The number of methoxy groups -OCH3 is 1. The zero-order chi connectivity index (χ0) is 29.4. The fourth-order valence-electron chi connectivity index (χ4n) is 4.16. The van der Waals surface area contributed by atoms with E-state index in [1.807, 2.05) is 6.92 Å². The SMILES string of the molecule is CCNC(=O)[C@@H](CC)N(Cc1ccc(Cl)cc1Cl)C(=O)CN(c1ccc(C)cc1)S(=O)(=O)c1ccc(OC)cc1. The van der Waals surface area contributed by atoms with Crippen LogP contribution in [0.15, 0.2) is 71.6 Å². The Hall–Kier alpha value is -3.27. The van der Waals surface area contributed by atoms with Crippen molar-refractivity contribution in [3.8, 4) is 5.75 Å². The number of amides is 2. The van der Waals surface area contributed by atoms with Crippen molar-refractivity contribution >= 4 is 50.7 Å². The van der Waals surface area contributed by atoms with Crippen LogP contribution in [0.4, 0.5) is 5.69 Å². The fourth-order valence-corrected chi connectivity index (χ4v) is 6.04. The lowest BCUT2D eigenvalue weighted by molar-refractivity contribution is -0.140. The lowest BCUT2D eigenvalue weighted by atomic mass is 10.1. The number of rotatable bonds is 12. The van der Waals surface area contributed by atoms with Crippen molar-refractivity contribution in [2.75, 3.05) is 24.5 Å². The molecule has 0 aromatic heterocycles. The maximum atomic E-state index is 14.0. The molecule has 0 aliphatic rings. The van der Waals surface area contributed by atoms with Crippen molar-refractivity contribution in [2.24, 2.45) is 0 Å². The summed E-state index contributed by atoms with van der Waals surface area (Å²) in [5.74, 6) is -0.416. The number of carbonyl (C=O) groups is 2. The molecule has 2 amide bonds. The zero-order valence-corrected chi connectivity index (χ0v) is 25.2. The molecule has 1 N–H and O–H groups in total. The molecule has 0 unspecified atom stereocenters. The molecule has 0 saturated heterocycles. The van der Waals surface area contributed by atoms with Crippen LogP contribution in [-0.4, -0.2) is 51.4 Å². The third kappa shape index (κ3) is 7.47. The lowest BCUT2D eigenvalue weighted by Crippen LogP contribution is -2.52. The highest BCUT2D eigenvalue weighted by Gasteiger charge is 2.33. The topological polar surface area (TPSA) is 96.0 Å².